The summed E-state index contributed by atoms with van der Waals surface area (Å²) in [4.78, 5) is 23.7. The van der Waals surface area contributed by atoms with Gasteiger partial charge in [0.1, 0.15) is 17.3 Å². The van der Waals surface area contributed by atoms with Crippen molar-refractivity contribution in [3.63, 3.8) is 0 Å². The number of anilines is 1. The average Bonchev–Trinajstić information content (AvgIpc) is 2.95. The van der Waals surface area contributed by atoms with Gasteiger partial charge in [-0.05, 0) is 26.0 Å². The zero-order valence-corrected chi connectivity index (χ0v) is 13.3. The van der Waals surface area contributed by atoms with Crippen molar-refractivity contribution < 1.29 is 23.5 Å². The van der Waals surface area contributed by atoms with Crippen molar-refractivity contribution in [2.45, 2.75) is 13.8 Å². The number of benzene rings is 1. The first-order chi connectivity index (χ1) is 11.6. The van der Waals surface area contributed by atoms with Crippen LogP contribution in [-0.4, -0.2) is 25.2 Å². The first-order valence-corrected chi connectivity index (χ1v) is 7.34. The first kappa shape index (κ1) is 17.1. The number of carbonyl (C=O) groups is 2. The van der Waals surface area contributed by atoms with E-state index in [2.05, 4.69) is 5.32 Å². The molecule has 1 aromatic heterocycles. The summed E-state index contributed by atoms with van der Waals surface area (Å²) in [6.45, 7) is 3.67. The van der Waals surface area contributed by atoms with E-state index < -0.39 is 11.9 Å². The molecule has 0 amide bonds. The molecule has 7 nitrogen and oxygen atoms in total. The van der Waals surface area contributed by atoms with Gasteiger partial charge < -0.3 is 19.2 Å². The molecule has 0 spiro atoms. The highest BCUT2D eigenvalue weighted by atomic mass is 16.5. The van der Waals surface area contributed by atoms with Gasteiger partial charge in [0.15, 0.2) is 5.57 Å². The lowest BCUT2D eigenvalue weighted by atomic mass is 10.2. The van der Waals surface area contributed by atoms with E-state index in [1.165, 1.54) is 6.20 Å². The minimum Gasteiger partial charge on any atom is -0.462 e. The molecule has 0 saturated heterocycles. The fourth-order valence-corrected chi connectivity index (χ4v) is 2.02. The van der Waals surface area contributed by atoms with Gasteiger partial charge in [-0.1, -0.05) is 12.1 Å². The molecule has 2 rings (SSSR count). The number of hydrogen-bond donors (Lipinski definition) is 1. The largest absolute Gasteiger partial charge is 0.462 e. The van der Waals surface area contributed by atoms with Crippen molar-refractivity contribution >= 4 is 28.6 Å². The highest BCUT2D eigenvalue weighted by Crippen LogP contribution is 2.31. The summed E-state index contributed by atoms with van der Waals surface area (Å²) < 4.78 is 15.3. The quantitative estimate of drug-likeness (QED) is 0.494. The molecule has 1 aromatic carbocycles. The van der Waals surface area contributed by atoms with E-state index in [1.54, 1.807) is 44.2 Å². The maximum absolute atomic E-state index is 12.1. The molecule has 0 aliphatic heterocycles. The number of furan rings is 1. The van der Waals surface area contributed by atoms with Gasteiger partial charge in [-0.15, -0.1) is 0 Å². The predicted molar refractivity (Wildman–Crippen MR) is 86.1 cm³/mol. The van der Waals surface area contributed by atoms with Crippen molar-refractivity contribution in [2.24, 2.45) is 0 Å². The number of para-hydroxylation sites is 1. The number of rotatable bonds is 6. The molecule has 24 heavy (non-hydrogen) atoms. The molecule has 1 heterocycles. The summed E-state index contributed by atoms with van der Waals surface area (Å²) in [5.74, 6) is -1.42. The molecule has 2 aromatic rings. The Hall–Kier alpha value is -3.27. The molecule has 0 unspecified atom stereocenters. The second-order valence-corrected chi connectivity index (χ2v) is 4.56. The zero-order valence-electron chi connectivity index (χ0n) is 13.3. The monoisotopic (exact) mass is 328 g/mol. The van der Waals surface area contributed by atoms with Gasteiger partial charge in [0.05, 0.1) is 13.2 Å². The fourth-order valence-electron chi connectivity index (χ4n) is 2.02. The topological polar surface area (TPSA) is 102 Å². The molecule has 0 saturated carbocycles. The number of fused-ring (bicyclic) bond motifs is 1. The van der Waals surface area contributed by atoms with E-state index in [1.807, 2.05) is 0 Å². The van der Waals surface area contributed by atoms with Crippen molar-refractivity contribution in [1.29, 1.82) is 5.26 Å². The standard InChI is InChI=1S/C17H16N2O5/c1-3-22-16(20)11(9-18)10-19-14-12-7-5-6-8-13(12)24-15(14)17(21)23-4-2/h5-8,10,19H,3-4H2,1-2H3/b11-10-. The highest BCUT2D eigenvalue weighted by Gasteiger charge is 2.21. The van der Waals surface area contributed by atoms with E-state index in [0.717, 1.165) is 0 Å². The van der Waals surface area contributed by atoms with Crippen molar-refractivity contribution in [3.05, 3.63) is 41.8 Å². The van der Waals surface area contributed by atoms with Crippen LogP contribution in [-0.2, 0) is 14.3 Å². The van der Waals surface area contributed by atoms with E-state index in [-0.39, 0.29) is 24.5 Å². The number of nitrogens with one attached hydrogen (secondary N) is 1. The van der Waals surface area contributed by atoms with Crippen LogP contribution in [0, 0.1) is 11.3 Å². The van der Waals surface area contributed by atoms with Crippen LogP contribution in [0.15, 0.2) is 40.5 Å². The van der Waals surface area contributed by atoms with E-state index in [9.17, 15) is 9.59 Å². The number of hydrogen-bond acceptors (Lipinski definition) is 7. The van der Waals surface area contributed by atoms with Crippen molar-refractivity contribution in [2.75, 3.05) is 18.5 Å². The summed E-state index contributed by atoms with van der Waals surface area (Å²) in [6, 6.07) is 8.73. The molecule has 124 valence electrons. The Morgan fingerprint density at radius 1 is 1.25 bits per heavy atom. The average molecular weight is 328 g/mol. The molecular formula is C17H16N2O5. The maximum Gasteiger partial charge on any atom is 0.376 e. The summed E-state index contributed by atoms with van der Waals surface area (Å²) in [5, 5.41) is 12.5. The van der Waals surface area contributed by atoms with Crippen molar-refractivity contribution in [3.8, 4) is 6.07 Å². The Labute approximate surface area is 138 Å². The van der Waals surface area contributed by atoms with Gasteiger partial charge in [-0.25, -0.2) is 9.59 Å². The van der Waals surface area contributed by atoms with Crippen molar-refractivity contribution in [1.82, 2.24) is 0 Å². The Kier molecular flexibility index (Phi) is 5.58. The van der Waals surface area contributed by atoms with Gasteiger partial charge in [-0.2, -0.15) is 5.26 Å². The molecule has 0 aliphatic rings. The maximum atomic E-state index is 12.1. The second kappa shape index (κ2) is 7.83. The number of nitrogens with zero attached hydrogens (tertiary/aromatic N) is 1. The highest BCUT2D eigenvalue weighted by molar-refractivity contribution is 6.05. The number of ether oxygens (including phenoxy) is 2. The normalized spacial score (nSPS) is 11.0. The third kappa shape index (κ3) is 3.55. The van der Waals surface area contributed by atoms with Crippen LogP contribution in [0.4, 0.5) is 5.69 Å². The van der Waals surface area contributed by atoms with Gasteiger partial charge in [0.25, 0.3) is 0 Å². The summed E-state index contributed by atoms with van der Waals surface area (Å²) in [7, 11) is 0. The SMILES string of the molecule is CCOC(=O)/C(C#N)=C\Nc1c(C(=O)OCC)oc2ccccc12. The second-order valence-electron chi connectivity index (χ2n) is 4.56. The summed E-state index contributed by atoms with van der Waals surface area (Å²) in [5.41, 5.74) is 0.573. The van der Waals surface area contributed by atoms with Gasteiger partial charge in [-0.3, -0.25) is 0 Å². The van der Waals surface area contributed by atoms with Crippen LogP contribution < -0.4 is 5.32 Å². The third-order valence-corrected chi connectivity index (χ3v) is 3.03. The first-order valence-electron chi connectivity index (χ1n) is 7.34. The number of esters is 2. The lowest BCUT2D eigenvalue weighted by Gasteiger charge is -2.04. The predicted octanol–water partition coefficient (Wildman–Crippen LogP) is 2.99. The molecule has 7 heteroatoms. The summed E-state index contributed by atoms with van der Waals surface area (Å²) >= 11 is 0. The lowest BCUT2D eigenvalue weighted by Crippen LogP contribution is -2.09. The molecule has 0 fully saturated rings. The Balaban J connectivity index is 2.43. The summed E-state index contributed by atoms with van der Waals surface area (Å²) in [6.07, 6.45) is 1.18. The Bertz CT molecular complexity index is 829. The third-order valence-electron chi connectivity index (χ3n) is 3.03. The minimum absolute atomic E-state index is 0.0320. The Morgan fingerprint density at radius 3 is 2.62 bits per heavy atom. The van der Waals surface area contributed by atoms with Crippen LogP contribution in [0.2, 0.25) is 0 Å². The van der Waals surface area contributed by atoms with Crippen LogP contribution in [0.25, 0.3) is 11.0 Å². The smallest absolute Gasteiger partial charge is 0.376 e. The van der Waals surface area contributed by atoms with Gasteiger partial charge >= 0.3 is 11.9 Å². The van der Waals surface area contributed by atoms with E-state index >= 15 is 0 Å². The van der Waals surface area contributed by atoms with Crippen LogP contribution in [0.5, 0.6) is 0 Å². The van der Waals surface area contributed by atoms with E-state index in [0.29, 0.717) is 16.7 Å². The fraction of sp³-hybridized carbons (Fsp3) is 0.235. The molecule has 0 atom stereocenters. The molecule has 1 N–H and O–H groups in total. The van der Waals surface area contributed by atoms with Crippen LogP contribution >= 0.6 is 0 Å². The number of nitriles is 1. The van der Waals surface area contributed by atoms with E-state index in [4.69, 9.17) is 19.2 Å². The molecule has 0 aliphatic carbocycles. The molecule has 0 bridgehead atoms. The van der Waals surface area contributed by atoms with Crippen LogP contribution in [0.3, 0.4) is 0 Å². The molecular weight excluding hydrogens is 312 g/mol. The van der Waals surface area contributed by atoms with Crippen LogP contribution in [0.1, 0.15) is 24.4 Å². The van der Waals surface area contributed by atoms with Gasteiger partial charge in [0.2, 0.25) is 5.76 Å². The zero-order chi connectivity index (χ0) is 17.5. The minimum atomic E-state index is -0.752. The Morgan fingerprint density at radius 2 is 1.96 bits per heavy atom. The molecule has 0 radical (unpaired) electrons. The number of carbonyl (C=O) groups excluding carboxylic acids is 2. The van der Waals surface area contributed by atoms with Gasteiger partial charge in [0, 0.05) is 11.6 Å². The lowest BCUT2D eigenvalue weighted by molar-refractivity contribution is -0.138.